The molecule has 3 aromatic heterocycles. The van der Waals surface area contributed by atoms with E-state index in [1.165, 1.54) is 6.26 Å². The van der Waals surface area contributed by atoms with Crippen LogP contribution in [-0.4, -0.2) is 22.5 Å². The Bertz CT molecular complexity index is 821. The van der Waals surface area contributed by atoms with Crippen LogP contribution >= 0.6 is 0 Å². The fourth-order valence-corrected chi connectivity index (χ4v) is 2.38. The Hall–Kier alpha value is -2.86. The highest BCUT2D eigenvalue weighted by molar-refractivity contribution is 5.95. The molecule has 0 bridgehead atoms. The van der Waals surface area contributed by atoms with Crippen molar-refractivity contribution in [3.63, 3.8) is 0 Å². The molecule has 1 amide bonds. The quantitative estimate of drug-likeness (QED) is 0.752. The number of carbonyl (C=O) groups is 1. The molecule has 6 nitrogen and oxygen atoms in total. The Morgan fingerprint density at radius 3 is 2.58 bits per heavy atom. The van der Waals surface area contributed by atoms with Gasteiger partial charge in [-0.1, -0.05) is 0 Å². The van der Waals surface area contributed by atoms with E-state index in [4.69, 9.17) is 8.83 Å². The first-order chi connectivity index (χ1) is 11.5. The van der Waals surface area contributed by atoms with Crippen molar-refractivity contribution in [1.29, 1.82) is 0 Å². The summed E-state index contributed by atoms with van der Waals surface area (Å²) in [6.45, 7) is 3.36. The number of hydrogen-bond donors (Lipinski definition) is 2. The number of rotatable bonds is 5. The summed E-state index contributed by atoms with van der Waals surface area (Å²) in [6.07, 6.45) is 3.05. The van der Waals surface area contributed by atoms with Crippen LogP contribution in [-0.2, 0) is 5.60 Å². The van der Waals surface area contributed by atoms with E-state index in [9.17, 15) is 9.90 Å². The van der Waals surface area contributed by atoms with Crippen LogP contribution in [0.4, 0.5) is 0 Å². The molecule has 3 aromatic rings. The Morgan fingerprint density at radius 1 is 1.21 bits per heavy atom. The highest BCUT2D eigenvalue weighted by Crippen LogP contribution is 2.21. The number of furan rings is 2. The maximum atomic E-state index is 12.4. The minimum Gasteiger partial charge on any atom is -0.466 e. The highest BCUT2D eigenvalue weighted by Gasteiger charge is 2.27. The lowest BCUT2D eigenvalue weighted by atomic mass is 10.0. The van der Waals surface area contributed by atoms with Crippen molar-refractivity contribution < 1.29 is 18.7 Å². The molecule has 24 heavy (non-hydrogen) atoms. The third-order valence-corrected chi connectivity index (χ3v) is 3.75. The molecule has 3 rings (SSSR count). The Morgan fingerprint density at radius 2 is 1.96 bits per heavy atom. The molecule has 3 heterocycles. The van der Waals surface area contributed by atoms with Gasteiger partial charge in [-0.3, -0.25) is 4.79 Å². The second-order valence-electron chi connectivity index (χ2n) is 5.74. The first kappa shape index (κ1) is 16.0. The number of nitrogens with one attached hydrogen (secondary N) is 1. The van der Waals surface area contributed by atoms with Crippen LogP contribution in [0.15, 0.2) is 57.8 Å². The van der Waals surface area contributed by atoms with Crippen molar-refractivity contribution in [3.05, 3.63) is 65.9 Å². The lowest BCUT2D eigenvalue weighted by Gasteiger charge is -2.21. The summed E-state index contributed by atoms with van der Waals surface area (Å²) < 4.78 is 10.5. The first-order valence-electron chi connectivity index (χ1n) is 7.53. The van der Waals surface area contributed by atoms with Crippen LogP contribution in [0.3, 0.4) is 0 Å². The van der Waals surface area contributed by atoms with Gasteiger partial charge in [-0.15, -0.1) is 0 Å². The van der Waals surface area contributed by atoms with Crippen LogP contribution in [0.25, 0.3) is 11.5 Å². The van der Waals surface area contributed by atoms with Gasteiger partial charge < -0.3 is 19.3 Å². The molecule has 0 fully saturated rings. The van der Waals surface area contributed by atoms with Crippen LogP contribution in [0.2, 0.25) is 0 Å². The molecule has 0 aromatic carbocycles. The fraction of sp³-hybridized carbons (Fsp3) is 0.222. The van der Waals surface area contributed by atoms with Gasteiger partial charge in [0.15, 0.2) is 5.76 Å². The SMILES string of the molecule is Cc1nc(-c2ccco2)ccc1C(=O)NCC(C)(O)c1ccco1. The molecule has 2 N–H and O–H groups in total. The Kier molecular flexibility index (Phi) is 4.22. The summed E-state index contributed by atoms with van der Waals surface area (Å²) in [5, 5.41) is 13.1. The number of carbonyl (C=O) groups excluding carboxylic acids is 1. The predicted molar refractivity (Wildman–Crippen MR) is 87.3 cm³/mol. The maximum Gasteiger partial charge on any atom is 0.253 e. The molecule has 0 aliphatic carbocycles. The first-order valence-corrected chi connectivity index (χ1v) is 7.53. The predicted octanol–water partition coefficient (Wildman–Crippen LogP) is 2.88. The Balaban J connectivity index is 1.71. The average Bonchev–Trinajstić information content (AvgIpc) is 3.25. The molecule has 6 heteroatoms. The third kappa shape index (κ3) is 3.23. The fourth-order valence-electron chi connectivity index (χ4n) is 2.38. The summed E-state index contributed by atoms with van der Waals surface area (Å²) in [7, 11) is 0. The summed E-state index contributed by atoms with van der Waals surface area (Å²) in [5.74, 6) is 0.731. The molecule has 0 radical (unpaired) electrons. The number of aryl methyl sites for hydroxylation is 1. The van der Waals surface area contributed by atoms with E-state index in [2.05, 4.69) is 10.3 Å². The molecule has 1 unspecified atom stereocenters. The van der Waals surface area contributed by atoms with Gasteiger partial charge >= 0.3 is 0 Å². The minimum atomic E-state index is -1.28. The number of hydrogen-bond acceptors (Lipinski definition) is 5. The topological polar surface area (TPSA) is 88.5 Å². The van der Waals surface area contributed by atoms with Gasteiger partial charge in [0.2, 0.25) is 0 Å². The van der Waals surface area contributed by atoms with Crippen LogP contribution in [0, 0.1) is 6.92 Å². The van der Waals surface area contributed by atoms with Crippen molar-refractivity contribution >= 4 is 5.91 Å². The van der Waals surface area contributed by atoms with Crippen molar-refractivity contribution in [1.82, 2.24) is 10.3 Å². The molecule has 0 aliphatic rings. The highest BCUT2D eigenvalue weighted by atomic mass is 16.4. The molecular weight excluding hydrogens is 308 g/mol. The van der Waals surface area contributed by atoms with Gasteiger partial charge in [-0.2, -0.15) is 0 Å². The van der Waals surface area contributed by atoms with Crippen molar-refractivity contribution in [2.24, 2.45) is 0 Å². The van der Waals surface area contributed by atoms with Gasteiger partial charge in [0.25, 0.3) is 5.91 Å². The summed E-state index contributed by atoms with van der Waals surface area (Å²) >= 11 is 0. The number of amides is 1. The molecule has 1 atom stereocenters. The molecule has 0 aliphatic heterocycles. The van der Waals surface area contributed by atoms with E-state index in [1.54, 1.807) is 50.4 Å². The largest absolute Gasteiger partial charge is 0.466 e. The van der Waals surface area contributed by atoms with Gasteiger partial charge in [-0.05, 0) is 50.2 Å². The van der Waals surface area contributed by atoms with Crippen molar-refractivity contribution in [3.8, 4) is 11.5 Å². The van der Waals surface area contributed by atoms with E-state index in [0.29, 0.717) is 28.5 Å². The molecule has 0 saturated carbocycles. The van der Waals surface area contributed by atoms with E-state index in [0.717, 1.165) is 0 Å². The second kappa shape index (κ2) is 6.33. The molecule has 124 valence electrons. The van der Waals surface area contributed by atoms with Crippen LogP contribution < -0.4 is 5.32 Å². The van der Waals surface area contributed by atoms with Gasteiger partial charge in [0.1, 0.15) is 17.1 Å². The van der Waals surface area contributed by atoms with Crippen molar-refractivity contribution in [2.75, 3.05) is 6.54 Å². The zero-order chi connectivity index (χ0) is 17.2. The van der Waals surface area contributed by atoms with E-state index in [1.807, 2.05) is 6.07 Å². The number of nitrogens with zero attached hydrogens (tertiary/aromatic N) is 1. The summed E-state index contributed by atoms with van der Waals surface area (Å²) in [4.78, 5) is 16.8. The van der Waals surface area contributed by atoms with E-state index in [-0.39, 0.29) is 12.5 Å². The normalized spacial score (nSPS) is 13.5. The molecule has 0 spiro atoms. The smallest absolute Gasteiger partial charge is 0.253 e. The zero-order valence-corrected chi connectivity index (χ0v) is 13.4. The lowest BCUT2D eigenvalue weighted by molar-refractivity contribution is 0.0330. The van der Waals surface area contributed by atoms with E-state index >= 15 is 0 Å². The zero-order valence-electron chi connectivity index (χ0n) is 13.4. The maximum absolute atomic E-state index is 12.4. The van der Waals surface area contributed by atoms with Crippen molar-refractivity contribution in [2.45, 2.75) is 19.4 Å². The number of pyridine rings is 1. The van der Waals surface area contributed by atoms with Crippen LogP contribution in [0.5, 0.6) is 0 Å². The summed E-state index contributed by atoms with van der Waals surface area (Å²) in [5.41, 5.74) is 0.408. The van der Waals surface area contributed by atoms with Gasteiger partial charge in [0.05, 0.1) is 30.3 Å². The average molecular weight is 326 g/mol. The number of aromatic nitrogens is 1. The summed E-state index contributed by atoms with van der Waals surface area (Å²) in [6, 6.07) is 10.4. The molecule has 0 saturated heterocycles. The van der Waals surface area contributed by atoms with Gasteiger partial charge in [0, 0.05) is 0 Å². The van der Waals surface area contributed by atoms with E-state index < -0.39 is 5.60 Å². The second-order valence-corrected chi connectivity index (χ2v) is 5.74. The Labute approximate surface area is 139 Å². The molecular formula is C18H18N2O4. The standard InChI is InChI=1S/C18H18N2O4/c1-12-13(7-8-14(20-12)15-5-3-9-23-15)17(21)19-11-18(2,22)16-6-4-10-24-16/h3-10,22H,11H2,1-2H3,(H,19,21). The third-order valence-electron chi connectivity index (χ3n) is 3.75. The lowest BCUT2D eigenvalue weighted by Crippen LogP contribution is -2.38. The minimum absolute atomic E-state index is 0.0265. The van der Waals surface area contributed by atoms with Crippen LogP contribution in [0.1, 0.15) is 28.7 Å². The monoisotopic (exact) mass is 326 g/mol. The van der Waals surface area contributed by atoms with Gasteiger partial charge in [-0.25, -0.2) is 4.98 Å². The number of aliphatic hydroxyl groups is 1.